The first kappa shape index (κ1) is 17.2. The average molecular weight is 343 g/mol. The summed E-state index contributed by atoms with van der Waals surface area (Å²) in [7, 11) is 0. The largest absolute Gasteiger partial charge is 0.478 e. The van der Waals surface area contributed by atoms with E-state index >= 15 is 0 Å². The van der Waals surface area contributed by atoms with Crippen LogP contribution in [0.5, 0.6) is 0 Å². The van der Waals surface area contributed by atoms with Crippen LogP contribution in [0.4, 0.5) is 5.69 Å². The van der Waals surface area contributed by atoms with E-state index in [-0.39, 0.29) is 11.5 Å². The Morgan fingerprint density at radius 3 is 2.12 bits per heavy atom. The van der Waals surface area contributed by atoms with Crippen molar-refractivity contribution >= 4 is 29.7 Å². The van der Waals surface area contributed by atoms with Gasteiger partial charge in [0.1, 0.15) is 0 Å². The van der Waals surface area contributed by atoms with Crippen LogP contribution in [-0.4, -0.2) is 17.0 Å². The van der Waals surface area contributed by atoms with E-state index in [9.17, 15) is 14.7 Å². The monoisotopic (exact) mass is 343 g/mol. The molecule has 128 valence electrons. The minimum Gasteiger partial charge on any atom is -0.478 e. The molecule has 0 aliphatic carbocycles. The zero-order valence-corrected chi connectivity index (χ0v) is 13.9. The molecule has 4 heteroatoms. The second-order valence-electron chi connectivity index (χ2n) is 5.67. The molecule has 0 unspecified atom stereocenters. The van der Waals surface area contributed by atoms with E-state index in [4.69, 9.17) is 0 Å². The fourth-order valence-corrected chi connectivity index (χ4v) is 2.51. The van der Waals surface area contributed by atoms with E-state index in [1.165, 1.54) is 6.07 Å². The molecule has 0 aliphatic heterocycles. The second kappa shape index (κ2) is 7.94. The number of nitrogens with one attached hydrogen (secondary N) is 1. The maximum absolute atomic E-state index is 12.2. The fourth-order valence-electron chi connectivity index (χ4n) is 2.51. The van der Waals surface area contributed by atoms with Gasteiger partial charge in [0.05, 0.1) is 5.56 Å². The number of carbonyl (C=O) groups excluding carboxylic acids is 1. The maximum atomic E-state index is 12.2. The summed E-state index contributed by atoms with van der Waals surface area (Å²) in [6.07, 6.45) is 3.60. The van der Waals surface area contributed by atoms with Crippen LogP contribution in [0.2, 0.25) is 0 Å². The van der Waals surface area contributed by atoms with Crippen molar-refractivity contribution in [3.8, 4) is 0 Å². The van der Waals surface area contributed by atoms with Crippen molar-refractivity contribution in [3.05, 3.63) is 101 Å². The first-order valence-electron chi connectivity index (χ1n) is 8.10. The molecule has 3 aromatic carbocycles. The standard InChI is InChI=1S/C22H17NO3/c24-21(18-9-5-2-6-10-18)23-19-14-13-17(20(15-19)22(25)26)12-11-16-7-3-1-4-8-16/h1-15H,(H,23,24)(H,25,26)/b12-11+. The number of rotatable bonds is 5. The van der Waals surface area contributed by atoms with E-state index in [1.54, 1.807) is 42.5 Å². The lowest BCUT2D eigenvalue weighted by Gasteiger charge is -2.08. The molecule has 26 heavy (non-hydrogen) atoms. The van der Waals surface area contributed by atoms with Crippen LogP contribution in [0, 0.1) is 0 Å². The van der Waals surface area contributed by atoms with E-state index in [0.717, 1.165) is 5.56 Å². The van der Waals surface area contributed by atoms with Crippen LogP contribution >= 0.6 is 0 Å². The number of carboxylic acids is 1. The number of benzene rings is 3. The summed E-state index contributed by atoms with van der Waals surface area (Å²) in [5.41, 5.74) is 2.62. The highest BCUT2D eigenvalue weighted by Crippen LogP contribution is 2.19. The van der Waals surface area contributed by atoms with E-state index in [1.807, 2.05) is 42.5 Å². The number of carbonyl (C=O) groups is 2. The number of amides is 1. The zero-order chi connectivity index (χ0) is 18.4. The molecule has 0 heterocycles. The summed E-state index contributed by atoms with van der Waals surface area (Å²) in [4.78, 5) is 23.8. The zero-order valence-electron chi connectivity index (χ0n) is 13.9. The predicted octanol–water partition coefficient (Wildman–Crippen LogP) is 4.81. The maximum Gasteiger partial charge on any atom is 0.336 e. The number of aromatic carboxylic acids is 1. The molecular formula is C22H17NO3. The lowest BCUT2D eigenvalue weighted by molar-refractivity contribution is 0.0696. The summed E-state index contributed by atoms with van der Waals surface area (Å²) in [5.74, 6) is -1.33. The van der Waals surface area contributed by atoms with E-state index < -0.39 is 5.97 Å². The Bertz CT molecular complexity index is 948. The Morgan fingerprint density at radius 2 is 1.46 bits per heavy atom. The van der Waals surface area contributed by atoms with Gasteiger partial charge in [0.15, 0.2) is 0 Å². The van der Waals surface area contributed by atoms with Crippen molar-refractivity contribution in [1.82, 2.24) is 0 Å². The van der Waals surface area contributed by atoms with Gasteiger partial charge in [0.25, 0.3) is 5.91 Å². The average Bonchev–Trinajstić information content (AvgIpc) is 2.68. The van der Waals surface area contributed by atoms with Crippen molar-refractivity contribution in [2.24, 2.45) is 0 Å². The third kappa shape index (κ3) is 4.24. The summed E-state index contributed by atoms with van der Waals surface area (Å²) < 4.78 is 0. The van der Waals surface area contributed by atoms with Crippen LogP contribution in [-0.2, 0) is 0 Å². The van der Waals surface area contributed by atoms with Crippen LogP contribution < -0.4 is 5.32 Å². The molecule has 0 aliphatic rings. The van der Waals surface area contributed by atoms with Gasteiger partial charge in [-0.05, 0) is 35.4 Å². The summed E-state index contributed by atoms with van der Waals surface area (Å²) in [6.45, 7) is 0. The smallest absolute Gasteiger partial charge is 0.336 e. The topological polar surface area (TPSA) is 66.4 Å². The molecule has 4 nitrogen and oxygen atoms in total. The van der Waals surface area contributed by atoms with Gasteiger partial charge < -0.3 is 10.4 Å². The number of hydrogen-bond acceptors (Lipinski definition) is 2. The highest BCUT2D eigenvalue weighted by molar-refractivity contribution is 6.05. The Kier molecular flexibility index (Phi) is 5.25. The van der Waals surface area contributed by atoms with Gasteiger partial charge in [-0.3, -0.25) is 4.79 Å². The van der Waals surface area contributed by atoms with Crippen LogP contribution in [0.1, 0.15) is 31.8 Å². The van der Waals surface area contributed by atoms with Gasteiger partial charge >= 0.3 is 5.97 Å². The second-order valence-corrected chi connectivity index (χ2v) is 5.67. The molecule has 0 spiro atoms. The normalized spacial score (nSPS) is 10.6. The van der Waals surface area contributed by atoms with Crippen molar-refractivity contribution in [2.45, 2.75) is 0 Å². The molecule has 3 rings (SSSR count). The molecule has 3 aromatic rings. The van der Waals surface area contributed by atoms with E-state index in [0.29, 0.717) is 16.8 Å². The summed E-state index contributed by atoms with van der Waals surface area (Å²) in [5, 5.41) is 12.2. The Balaban J connectivity index is 1.84. The van der Waals surface area contributed by atoms with Crippen LogP contribution in [0.3, 0.4) is 0 Å². The Morgan fingerprint density at radius 1 is 0.808 bits per heavy atom. The molecule has 0 bridgehead atoms. The predicted molar refractivity (Wildman–Crippen MR) is 103 cm³/mol. The van der Waals surface area contributed by atoms with Gasteiger partial charge in [-0.25, -0.2) is 4.79 Å². The lowest BCUT2D eigenvalue weighted by atomic mass is 10.0. The van der Waals surface area contributed by atoms with Crippen molar-refractivity contribution in [2.75, 3.05) is 5.32 Å². The molecule has 0 saturated carbocycles. The SMILES string of the molecule is O=C(Nc1ccc(/C=C/c2ccccc2)c(C(=O)O)c1)c1ccccc1. The quantitative estimate of drug-likeness (QED) is 0.654. The van der Waals surface area contributed by atoms with Crippen LogP contribution in [0.15, 0.2) is 78.9 Å². The van der Waals surface area contributed by atoms with Crippen molar-refractivity contribution in [1.29, 1.82) is 0 Å². The molecule has 2 N–H and O–H groups in total. The molecule has 0 saturated heterocycles. The molecule has 0 aromatic heterocycles. The highest BCUT2D eigenvalue weighted by Gasteiger charge is 2.11. The van der Waals surface area contributed by atoms with Gasteiger partial charge in [-0.1, -0.05) is 66.7 Å². The van der Waals surface area contributed by atoms with E-state index in [2.05, 4.69) is 5.32 Å². The minimum atomic E-state index is -1.05. The third-order valence-corrected chi connectivity index (χ3v) is 3.83. The van der Waals surface area contributed by atoms with Crippen LogP contribution in [0.25, 0.3) is 12.2 Å². The number of carboxylic acid groups (broad SMARTS) is 1. The first-order valence-corrected chi connectivity index (χ1v) is 8.10. The number of hydrogen-bond donors (Lipinski definition) is 2. The lowest BCUT2D eigenvalue weighted by Crippen LogP contribution is -2.12. The Hall–Kier alpha value is -3.66. The Labute approximate surface area is 151 Å². The molecule has 0 fully saturated rings. The van der Waals surface area contributed by atoms with Gasteiger partial charge in [0, 0.05) is 11.3 Å². The highest BCUT2D eigenvalue weighted by atomic mass is 16.4. The molecule has 0 atom stereocenters. The summed E-state index contributed by atoms with van der Waals surface area (Å²) >= 11 is 0. The van der Waals surface area contributed by atoms with Crippen molar-refractivity contribution < 1.29 is 14.7 Å². The first-order chi connectivity index (χ1) is 12.6. The summed E-state index contributed by atoms with van der Waals surface area (Å²) in [6, 6.07) is 23.2. The van der Waals surface area contributed by atoms with Gasteiger partial charge in [-0.15, -0.1) is 0 Å². The molecule has 1 amide bonds. The van der Waals surface area contributed by atoms with Gasteiger partial charge in [-0.2, -0.15) is 0 Å². The molecule has 0 radical (unpaired) electrons. The minimum absolute atomic E-state index is 0.128. The fraction of sp³-hybridized carbons (Fsp3) is 0. The van der Waals surface area contributed by atoms with Crippen molar-refractivity contribution in [3.63, 3.8) is 0 Å². The van der Waals surface area contributed by atoms with Gasteiger partial charge in [0.2, 0.25) is 0 Å². The third-order valence-electron chi connectivity index (χ3n) is 3.83. The molecular weight excluding hydrogens is 326 g/mol. The number of anilines is 1.